The Labute approximate surface area is 143 Å². The average molecular weight is 367 g/mol. The summed E-state index contributed by atoms with van der Waals surface area (Å²) in [4.78, 5) is 0.580. The van der Waals surface area contributed by atoms with E-state index < -0.39 is 10.0 Å². The van der Waals surface area contributed by atoms with Crippen LogP contribution >= 0.6 is 22.9 Å². The lowest BCUT2D eigenvalue weighted by atomic mass is 10.2. The molecule has 23 heavy (non-hydrogen) atoms. The van der Waals surface area contributed by atoms with Crippen LogP contribution in [-0.4, -0.2) is 13.0 Å². The summed E-state index contributed by atoms with van der Waals surface area (Å²) >= 11 is 7.17. The molecule has 0 saturated heterocycles. The molecule has 0 aliphatic carbocycles. The van der Waals surface area contributed by atoms with Crippen molar-refractivity contribution in [2.45, 2.75) is 18.2 Å². The molecule has 0 spiro atoms. The van der Waals surface area contributed by atoms with Crippen molar-refractivity contribution in [3.05, 3.63) is 57.9 Å². The van der Waals surface area contributed by atoms with Gasteiger partial charge in [-0.05, 0) is 48.4 Å². The highest BCUT2D eigenvalue weighted by Crippen LogP contribution is 2.20. The Morgan fingerprint density at radius 2 is 1.87 bits per heavy atom. The van der Waals surface area contributed by atoms with Gasteiger partial charge in [-0.3, -0.25) is 0 Å². The predicted molar refractivity (Wildman–Crippen MR) is 94.4 cm³/mol. The first-order valence-electron chi connectivity index (χ1n) is 7.06. The molecule has 1 heterocycles. The highest BCUT2D eigenvalue weighted by Gasteiger charge is 2.14. The molecular formula is C16H15ClN2O2S2. The van der Waals surface area contributed by atoms with E-state index in [-0.39, 0.29) is 4.90 Å². The quantitative estimate of drug-likeness (QED) is 0.708. The zero-order valence-electron chi connectivity index (χ0n) is 12.7. The fourth-order valence-electron chi connectivity index (χ4n) is 2.25. The van der Waals surface area contributed by atoms with Crippen LogP contribution in [0.25, 0.3) is 10.2 Å². The van der Waals surface area contributed by atoms with Gasteiger partial charge in [-0.15, -0.1) is 4.40 Å². The van der Waals surface area contributed by atoms with Gasteiger partial charge in [0.25, 0.3) is 10.0 Å². The van der Waals surface area contributed by atoms with Gasteiger partial charge in [0.2, 0.25) is 4.80 Å². The van der Waals surface area contributed by atoms with Gasteiger partial charge in [0.15, 0.2) is 0 Å². The minimum Gasteiger partial charge on any atom is -0.319 e. The molecule has 3 rings (SSSR count). The molecule has 0 atom stereocenters. The highest BCUT2D eigenvalue weighted by molar-refractivity contribution is 7.90. The maximum atomic E-state index is 12.4. The Bertz CT molecular complexity index is 1030. The monoisotopic (exact) mass is 366 g/mol. The number of hydrogen-bond acceptors (Lipinski definition) is 3. The summed E-state index contributed by atoms with van der Waals surface area (Å²) in [7, 11) is -1.94. The molecule has 0 aliphatic heterocycles. The number of aromatic nitrogens is 1. The normalized spacial score (nSPS) is 12.9. The van der Waals surface area contributed by atoms with Gasteiger partial charge < -0.3 is 4.57 Å². The van der Waals surface area contributed by atoms with E-state index in [9.17, 15) is 8.42 Å². The van der Waals surface area contributed by atoms with Crippen LogP contribution in [0.2, 0.25) is 5.02 Å². The number of rotatable bonds is 3. The number of sulfonamides is 1. The van der Waals surface area contributed by atoms with E-state index in [1.807, 2.05) is 19.2 Å². The lowest BCUT2D eigenvalue weighted by Gasteiger charge is -1.99. The highest BCUT2D eigenvalue weighted by atomic mass is 35.5. The Hall–Kier alpha value is -1.63. The largest absolute Gasteiger partial charge is 0.319 e. The SMILES string of the molecule is CCc1ccc2c(c1)sc(=NS(=O)(=O)c1ccc(Cl)cc1)n2C. The zero-order valence-corrected chi connectivity index (χ0v) is 15.0. The molecular weight excluding hydrogens is 352 g/mol. The molecule has 0 saturated carbocycles. The standard InChI is InChI=1S/C16H15ClN2O2S2/c1-3-11-4-9-14-15(10-11)22-16(19(14)2)18-23(20,21)13-7-5-12(17)6-8-13/h4-10H,3H2,1-2H3. The topological polar surface area (TPSA) is 51.4 Å². The van der Waals surface area contributed by atoms with Crippen LogP contribution in [0.15, 0.2) is 51.8 Å². The second-order valence-corrected chi connectivity index (χ2v) is 8.17. The maximum Gasteiger partial charge on any atom is 0.285 e. The van der Waals surface area contributed by atoms with E-state index in [0.29, 0.717) is 9.82 Å². The molecule has 0 aliphatic rings. The summed E-state index contributed by atoms with van der Waals surface area (Å²) in [6, 6.07) is 12.1. The molecule has 7 heteroatoms. The molecule has 4 nitrogen and oxygen atoms in total. The fraction of sp³-hybridized carbons (Fsp3) is 0.188. The molecule has 0 N–H and O–H groups in total. The Kier molecular flexibility index (Phi) is 4.31. The van der Waals surface area contributed by atoms with Gasteiger partial charge >= 0.3 is 0 Å². The summed E-state index contributed by atoms with van der Waals surface area (Å²) in [5.74, 6) is 0. The van der Waals surface area contributed by atoms with Crippen LogP contribution in [0, 0.1) is 0 Å². The number of benzene rings is 2. The molecule has 0 unspecified atom stereocenters. The summed E-state index contributed by atoms with van der Waals surface area (Å²) in [6.07, 6.45) is 0.938. The van der Waals surface area contributed by atoms with Crippen LogP contribution in [0.1, 0.15) is 12.5 Å². The van der Waals surface area contributed by atoms with Gasteiger partial charge in [0, 0.05) is 12.1 Å². The fourth-order valence-corrected chi connectivity index (χ4v) is 4.68. The molecule has 0 bridgehead atoms. The van der Waals surface area contributed by atoms with Crippen molar-refractivity contribution in [2.24, 2.45) is 11.4 Å². The van der Waals surface area contributed by atoms with Crippen LogP contribution in [0.4, 0.5) is 0 Å². The van der Waals surface area contributed by atoms with Crippen molar-refractivity contribution in [2.75, 3.05) is 0 Å². The summed E-state index contributed by atoms with van der Waals surface area (Å²) in [5, 5.41) is 0.489. The minimum absolute atomic E-state index is 0.133. The second-order valence-electron chi connectivity index (χ2n) is 5.12. The first-order valence-corrected chi connectivity index (χ1v) is 9.69. The number of nitrogens with zero attached hydrogens (tertiary/aromatic N) is 2. The smallest absolute Gasteiger partial charge is 0.285 e. The van der Waals surface area contributed by atoms with Crippen molar-refractivity contribution in [1.29, 1.82) is 0 Å². The van der Waals surface area contributed by atoms with E-state index in [1.165, 1.54) is 29.0 Å². The zero-order chi connectivity index (χ0) is 16.6. The second kappa shape index (κ2) is 6.11. The first kappa shape index (κ1) is 16.2. The lowest BCUT2D eigenvalue weighted by molar-refractivity contribution is 0.596. The Morgan fingerprint density at radius 1 is 1.17 bits per heavy atom. The molecule has 1 aromatic heterocycles. The van der Waals surface area contributed by atoms with Gasteiger partial charge in [0.05, 0.1) is 15.1 Å². The number of halogens is 1. The Morgan fingerprint density at radius 3 is 2.52 bits per heavy atom. The third kappa shape index (κ3) is 3.20. The van der Waals surface area contributed by atoms with E-state index in [0.717, 1.165) is 16.6 Å². The van der Waals surface area contributed by atoms with Crippen molar-refractivity contribution in [3.8, 4) is 0 Å². The van der Waals surface area contributed by atoms with E-state index in [2.05, 4.69) is 17.4 Å². The van der Waals surface area contributed by atoms with Crippen molar-refractivity contribution >= 4 is 43.2 Å². The molecule has 0 fully saturated rings. The predicted octanol–water partition coefficient (Wildman–Crippen LogP) is 3.75. The third-order valence-electron chi connectivity index (χ3n) is 3.59. The summed E-state index contributed by atoms with van der Waals surface area (Å²) < 4.78 is 31.7. The average Bonchev–Trinajstić information content (AvgIpc) is 2.82. The minimum atomic E-state index is -3.76. The van der Waals surface area contributed by atoms with E-state index in [4.69, 9.17) is 11.6 Å². The van der Waals surface area contributed by atoms with Crippen molar-refractivity contribution < 1.29 is 8.42 Å². The third-order valence-corrected chi connectivity index (χ3v) is 6.34. The van der Waals surface area contributed by atoms with Gasteiger partial charge in [-0.25, -0.2) is 0 Å². The number of aryl methyl sites for hydroxylation is 2. The van der Waals surface area contributed by atoms with Crippen molar-refractivity contribution in [3.63, 3.8) is 0 Å². The Balaban J connectivity index is 2.16. The lowest BCUT2D eigenvalue weighted by Crippen LogP contribution is -2.13. The van der Waals surface area contributed by atoms with E-state index in [1.54, 1.807) is 16.7 Å². The summed E-state index contributed by atoms with van der Waals surface area (Å²) in [5.41, 5.74) is 2.18. The van der Waals surface area contributed by atoms with Gasteiger partial charge in [0.1, 0.15) is 0 Å². The number of hydrogen-bond donors (Lipinski definition) is 0. The molecule has 0 amide bonds. The maximum absolute atomic E-state index is 12.4. The van der Waals surface area contributed by atoms with Crippen molar-refractivity contribution in [1.82, 2.24) is 4.57 Å². The van der Waals surface area contributed by atoms with Crippen LogP contribution in [0.5, 0.6) is 0 Å². The van der Waals surface area contributed by atoms with Crippen LogP contribution in [0.3, 0.4) is 0 Å². The molecule has 0 radical (unpaired) electrons. The molecule has 120 valence electrons. The van der Waals surface area contributed by atoms with Crippen LogP contribution < -0.4 is 4.80 Å². The van der Waals surface area contributed by atoms with Gasteiger partial charge in [-0.1, -0.05) is 35.9 Å². The van der Waals surface area contributed by atoms with Gasteiger partial charge in [-0.2, -0.15) is 8.42 Å². The number of thiazole rings is 1. The molecule has 2 aromatic carbocycles. The van der Waals surface area contributed by atoms with Crippen LogP contribution in [-0.2, 0) is 23.5 Å². The number of fused-ring (bicyclic) bond motifs is 1. The summed E-state index contributed by atoms with van der Waals surface area (Å²) in [6.45, 7) is 2.09. The molecule has 3 aromatic rings. The first-order chi connectivity index (χ1) is 10.9. The van der Waals surface area contributed by atoms with E-state index >= 15 is 0 Å².